The van der Waals surface area contributed by atoms with E-state index in [4.69, 9.17) is 9.47 Å². The molecule has 0 bridgehead atoms. The second kappa shape index (κ2) is 7.26. The summed E-state index contributed by atoms with van der Waals surface area (Å²) in [6.45, 7) is 0. The zero-order valence-electron chi connectivity index (χ0n) is 12.5. The third-order valence-corrected chi connectivity index (χ3v) is 3.23. The van der Waals surface area contributed by atoms with E-state index >= 15 is 0 Å². The SMILES string of the molecule is COc1ccc(/C=C(/Cc2ccc(OC)cc2)[N+](=O)[O-])cc1. The minimum Gasteiger partial charge on any atom is -0.497 e. The molecule has 0 aliphatic rings. The average molecular weight is 299 g/mol. The smallest absolute Gasteiger partial charge is 0.251 e. The van der Waals surface area contributed by atoms with Crippen molar-refractivity contribution in [3.05, 3.63) is 75.5 Å². The van der Waals surface area contributed by atoms with Gasteiger partial charge in [0.2, 0.25) is 0 Å². The third-order valence-electron chi connectivity index (χ3n) is 3.23. The summed E-state index contributed by atoms with van der Waals surface area (Å²) in [4.78, 5) is 10.9. The first-order valence-electron chi connectivity index (χ1n) is 6.74. The fourth-order valence-corrected chi connectivity index (χ4v) is 2.01. The molecular formula is C17H17NO4. The van der Waals surface area contributed by atoms with Crippen molar-refractivity contribution < 1.29 is 14.4 Å². The van der Waals surface area contributed by atoms with Crippen LogP contribution in [0.4, 0.5) is 0 Å². The minimum atomic E-state index is -0.353. The van der Waals surface area contributed by atoms with Gasteiger partial charge in [-0.25, -0.2) is 0 Å². The van der Waals surface area contributed by atoms with E-state index in [1.807, 2.05) is 12.1 Å². The largest absolute Gasteiger partial charge is 0.497 e. The number of hydrogen-bond acceptors (Lipinski definition) is 4. The number of ether oxygens (including phenoxy) is 2. The maximum atomic E-state index is 11.2. The third kappa shape index (κ3) is 4.09. The van der Waals surface area contributed by atoms with Crippen molar-refractivity contribution in [1.82, 2.24) is 0 Å². The van der Waals surface area contributed by atoms with Crippen LogP contribution in [0.3, 0.4) is 0 Å². The molecule has 0 fully saturated rings. The van der Waals surface area contributed by atoms with E-state index in [1.165, 1.54) is 0 Å². The van der Waals surface area contributed by atoms with Crippen molar-refractivity contribution in [2.75, 3.05) is 14.2 Å². The summed E-state index contributed by atoms with van der Waals surface area (Å²) in [5, 5.41) is 11.2. The van der Waals surface area contributed by atoms with Gasteiger partial charge < -0.3 is 9.47 Å². The van der Waals surface area contributed by atoms with Gasteiger partial charge in [-0.1, -0.05) is 24.3 Å². The van der Waals surface area contributed by atoms with Crippen LogP contribution < -0.4 is 9.47 Å². The summed E-state index contributed by atoms with van der Waals surface area (Å²) in [7, 11) is 3.16. The fourth-order valence-electron chi connectivity index (χ4n) is 2.01. The van der Waals surface area contributed by atoms with Gasteiger partial charge in [-0.15, -0.1) is 0 Å². The summed E-state index contributed by atoms with van der Waals surface area (Å²) in [5.41, 5.74) is 1.76. The van der Waals surface area contributed by atoms with E-state index in [2.05, 4.69) is 0 Å². The van der Waals surface area contributed by atoms with Crippen LogP contribution in [-0.4, -0.2) is 19.1 Å². The Bertz CT molecular complexity index is 660. The number of methoxy groups -OCH3 is 2. The van der Waals surface area contributed by atoms with Gasteiger partial charge in [0.1, 0.15) is 11.5 Å². The molecule has 0 unspecified atom stereocenters. The highest BCUT2D eigenvalue weighted by Crippen LogP contribution is 2.18. The van der Waals surface area contributed by atoms with Gasteiger partial charge in [0.05, 0.1) is 25.6 Å². The Balaban J connectivity index is 2.20. The van der Waals surface area contributed by atoms with Crippen molar-refractivity contribution in [3.63, 3.8) is 0 Å². The van der Waals surface area contributed by atoms with Gasteiger partial charge in [-0.3, -0.25) is 10.1 Å². The van der Waals surface area contributed by atoms with Crippen LogP contribution in [0.5, 0.6) is 11.5 Å². The van der Waals surface area contributed by atoms with E-state index in [0.29, 0.717) is 0 Å². The highest BCUT2D eigenvalue weighted by Gasteiger charge is 2.12. The van der Waals surface area contributed by atoms with Crippen molar-refractivity contribution >= 4 is 6.08 Å². The Morgan fingerprint density at radius 2 is 1.50 bits per heavy atom. The lowest BCUT2D eigenvalue weighted by atomic mass is 10.1. The summed E-state index contributed by atoms with van der Waals surface area (Å²) >= 11 is 0. The first kappa shape index (κ1) is 15.6. The fraction of sp³-hybridized carbons (Fsp3) is 0.176. The highest BCUT2D eigenvalue weighted by atomic mass is 16.6. The second-order valence-electron chi connectivity index (χ2n) is 4.69. The number of rotatable bonds is 6. The molecule has 0 heterocycles. The van der Waals surface area contributed by atoms with E-state index in [-0.39, 0.29) is 17.0 Å². The Labute approximate surface area is 129 Å². The van der Waals surface area contributed by atoms with Gasteiger partial charge in [0.25, 0.3) is 5.70 Å². The molecule has 0 aliphatic heterocycles. The molecule has 2 rings (SSSR count). The normalized spacial score (nSPS) is 11.1. The van der Waals surface area contributed by atoms with Crippen LogP contribution in [0.2, 0.25) is 0 Å². The molecule has 5 nitrogen and oxygen atoms in total. The molecule has 0 N–H and O–H groups in total. The maximum Gasteiger partial charge on any atom is 0.251 e. The summed E-state index contributed by atoms with van der Waals surface area (Å²) in [5.74, 6) is 1.44. The molecule has 2 aromatic rings. The van der Waals surface area contributed by atoms with Crippen LogP contribution in [-0.2, 0) is 6.42 Å². The Hall–Kier alpha value is -2.82. The first-order valence-corrected chi connectivity index (χ1v) is 6.74. The topological polar surface area (TPSA) is 61.6 Å². The Morgan fingerprint density at radius 1 is 1.00 bits per heavy atom. The summed E-state index contributed by atoms with van der Waals surface area (Å²) < 4.78 is 10.2. The van der Waals surface area contributed by atoms with Crippen molar-refractivity contribution in [3.8, 4) is 11.5 Å². The molecule has 5 heteroatoms. The molecule has 0 atom stereocenters. The average Bonchev–Trinajstić information content (AvgIpc) is 2.55. The number of hydrogen-bond donors (Lipinski definition) is 0. The number of nitro groups is 1. The van der Waals surface area contributed by atoms with E-state index < -0.39 is 0 Å². The van der Waals surface area contributed by atoms with Crippen LogP contribution in [0.15, 0.2) is 54.2 Å². The standard InChI is InChI=1S/C17H17NO4/c1-21-16-7-3-13(4-8-16)11-15(18(19)20)12-14-5-9-17(22-2)10-6-14/h3-11H,12H2,1-2H3/b15-11-. The zero-order valence-corrected chi connectivity index (χ0v) is 12.5. The molecule has 0 saturated heterocycles. The number of benzene rings is 2. The van der Waals surface area contributed by atoms with Gasteiger partial charge in [0, 0.05) is 6.08 Å². The second-order valence-corrected chi connectivity index (χ2v) is 4.69. The molecular weight excluding hydrogens is 282 g/mol. The lowest BCUT2D eigenvalue weighted by molar-refractivity contribution is -0.425. The summed E-state index contributed by atoms with van der Waals surface area (Å²) in [6, 6.07) is 14.4. The highest BCUT2D eigenvalue weighted by molar-refractivity contribution is 5.53. The van der Waals surface area contributed by atoms with Crippen LogP contribution in [0.1, 0.15) is 11.1 Å². The van der Waals surface area contributed by atoms with E-state index in [0.717, 1.165) is 22.6 Å². The Kier molecular flexibility index (Phi) is 5.14. The molecule has 0 radical (unpaired) electrons. The van der Waals surface area contributed by atoms with Gasteiger partial charge in [-0.05, 0) is 35.4 Å². The lowest BCUT2D eigenvalue weighted by Gasteiger charge is -2.03. The molecule has 114 valence electrons. The van der Waals surface area contributed by atoms with Crippen LogP contribution >= 0.6 is 0 Å². The van der Waals surface area contributed by atoms with Gasteiger partial charge in [-0.2, -0.15) is 0 Å². The zero-order chi connectivity index (χ0) is 15.9. The summed E-state index contributed by atoms with van der Waals surface area (Å²) in [6.07, 6.45) is 1.83. The predicted octanol–water partition coefficient (Wildman–Crippen LogP) is 3.56. The Morgan fingerprint density at radius 3 is 1.95 bits per heavy atom. The van der Waals surface area contributed by atoms with Crippen molar-refractivity contribution in [2.45, 2.75) is 6.42 Å². The van der Waals surface area contributed by atoms with Gasteiger partial charge in [0.15, 0.2) is 0 Å². The van der Waals surface area contributed by atoms with Crippen molar-refractivity contribution in [1.29, 1.82) is 0 Å². The molecule has 22 heavy (non-hydrogen) atoms. The predicted molar refractivity (Wildman–Crippen MR) is 84.7 cm³/mol. The number of allylic oxidation sites excluding steroid dienone is 1. The monoisotopic (exact) mass is 299 g/mol. The quantitative estimate of drug-likeness (QED) is 0.604. The number of nitrogens with zero attached hydrogens (tertiary/aromatic N) is 1. The molecule has 0 aromatic heterocycles. The maximum absolute atomic E-state index is 11.2. The van der Waals surface area contributed by atoms with E-state index in [1.54, 1.807) is 56.7 Å². The molecule has 0 spiro atoms. The van der Waals surface area contributed by atoms with Crippen molar-refractivity contribution in [2.24, 2.45) is 0 Å². The molecule has 0 amide bonds. The van der Waals surface area contributed by atoms with E-state index in [9.17, 15) is 10.1 Å². The molecule has 0 saturated carbocycles. The van der Waals surface area contributed by atoms with Crippen LogP contribution in [0, 0.1) is 10.1 Å². The molecule has 2 aromatic carbocycles. The molecule has 0 aliphatic carbocycles. The first-order chi connectivity index (χ1) is 10.6. The van der Waals surface area contributed by atoms with Gasteiger partial charge >= 0.3 is 0 Å². The minimum absolute atomic E-state index is 0.135. The lowest BCUT2D eigenvalue weighted by Crippen LogP contribution is -2.02. The van der Waals surface area contributed by atoms with Crippen LogP contribution in [0.25, 0.3) is 6.08 Å².